The second kappa shape index (κ2) is 9.29. The monoisotopic (exact) mass is 500 g/mol. The Balaban J connectivity index is 1.17. The highest BCUT2D eigenvalue weighted by Gasteiger charge is 2.42. The highest BCUT2D eigenvalue weighted by Crippen LogP contribution is 2.33. The van der Waals surface area contributed by atoms with Gasteiger partial charge in [-0.25, -0.2) is 9.59 Å². The van der Waals surface area contributed by atoms with Crippen LogP contribution in [0.15, 0.2) is 54.7 Å². The number of likely N-dealkylation sites (tertiary alicyclic amines) is 2. The summed E-state index contributed by atoms with van der Waals surface area (Å²) in [6.07, 6.45) is 1.17. The van der Waals surface area contributed by atoms with E-state index >= 15 is 0 Å². The van der Waals surface area contributed by atoms with E-state index in [1.165, 1.54) is 6.20 Å². The molecule has 2 fully saturated rings. The second-order valence-corrected chi connectivity index (χ2v) is 9.48. The summed E-state index contributed by atoms with van der Waals surface area (Å²) in [6, 6.07) is 15.0. The predicted molar refractivity (Wildman–Crippen MR) is 127 cm³/mol. The van der Waals surface area contributed by atoms with E-state index in [4.69, 9.17) is 33.0 Å². The van der Waals surface area contributed by atoms with Crippen LogP contribution in [-0.2, 0) is 6.54 Å². The first-order chi connectivity index (χ1) is 16.4. The predicted octanol–water partition coefficient (Wildman–Crippen LogP) is 4.71. The molecule has 34 heavy (non-hydrogen) atoms. The van der Waals surface area contributed by atoms with E-state index in [0.29, 0.717) is 29.9 Å². The number of ether oxygens (including phenoxy) is 1. The molecule has 2 unspecified atom stereocenters. The van der Waals surface area contributed by atoms with E-state index in [2.05, 4.69) is 16.1 Å². The van der Waals surface area contributed by atoms with Gasteiger partial charge >= 0.3 is 12.0 Å². The smallest absolute Gasteiger partial charge is 0.344 e. The molecule has 5 rings (SSSR count). The fourth-order valence-electron chi connectivity index (χ4n) is 4.72. The number of carbonyl (C=O) groups is 2. The minimum atomic E-state index is -1.21. The highest BCUT2D eigenvalue weighted by atomic mass is 35.5. The summed E-state index contributed by atoms with van der Waals surface area (Å²) in [7, 11) is 0. The Labute approximate surface area is 206 Å². The quantitative estimate of drug-likeness (QED) is 0.545. The first-order valence-electron chi connectivity index (χ1n) is 10.9. The first-order valence-corrected chi connectivity index (χ1v) is 11.6. The number of amides is 1. The maximum atomic E-state index is 12.8. The minimum Gasteiger partial charge on any atom is -0.478 e. The van der Waals surface area contributed by atoms with Gasteiger partial charge in [-0.05, 0) is 53.8 Å². The summed E-state index contributed by atoms with van der Waals surface area (Å²) in [5, 5.41) is 13.5. The molecular weight excluding hydrogens is 479 g/mol. The molecule has 2 aliphatic rings. The third-order valence-electron chi connectivity index (χ3n) is 6.28. The molecule has 2 atom stereocenters. The lowest BCUT2D eigenvalue weighted by molar-refractivity contribution is 0.0697. The van der Waals surface area contributed by atoms with Crippen molar-refractivity contribution in [3.05, 3.63) is 76.0 Å². The largest absolute Gasteiger partial charge is 0.478 e. The van der Waals surface area contributed by atoms with E-state index in [1.54, 1.807) is 17.0 Å². The maximum Gasteiger partial charge on any atom is 0.344 e. The number of benzene rings is 2. The number of hydrogen-bond acceptors (Lipinski definition) is 5. The zero-order chi connectivity index (χ0) is 23.8. The first kappa shape index (κ1) is 22.7. The molecule has 0 saturated carbocycles. The van der Waals surface area contributed by atoms with Crippen molar-refractivity contribution < 1.29 is 19.4 Å². The van der Waals surface area contributed by atoms with Crippen LogP contribution in [-0.4, -0.2) is 62.9 Å². The van der Waals surface area contributed by atoms with Crippen molar-refractivity contribution in [3.63, 3.8) is 0 Å². The number of nitrogens with zero attached hydrogens (tertiary/aromatic N) is 4. The topological polar surface area (TPSA) is 87.9 Å². The van der Waals surface area contributed by atoms with Crippen molar-refractivity contribution in [1.82, 2.24) is 19.6 Å². The number of aromatic nitrogens is 2. The minimum absolute atomic E-state index is 0.178. The van der Waals surface area contributed by atoms with Crippen LogP contribution in [0.4, 0.5) is 4.79 Å². The molecule has 3 heterocycles. The Morgan fingerprint density at radius 2 is 1.71 bits per heavy atom. The number of aromatic carboxylic acids is 1. The van der Waals surface area contributed by atoms with Gasteiger partial charge in [0, 0.05) is 37.7 Å². The van der Waals surface area contributed by atoms with Crippen molar-refractivity contribution >= 4 is 35.2 Å². The lowest BCUT2D eigenvalue weighted by Crippen LogP contribution is -2.36. The Morgan fingerprint density at radius 1 is 1.00 bits per heavy atom. The Hall–Kier alpha value is -3.07. The number of carboxylic acid groups (broad SMARTS) is 1. The number of fused-ring (bicyclic) bond motifs is 1. The van der Waals surface area contributed by atoms with Gasteiger partial charge < -0.3 is 14.7 Å². The van der Waals surface area contributed by atoms with Gasteiger partial charge in [0.25, 0.3) is 0 Å². The lowest BCUT2D eigenvalue weighted by Gasteiger charge is -2.21. The van der Waals surface area contributed by atoms with Gasteiger partial charge in [-0.1, -0.05) is 35.3 Å². The fraction of sp³-hybridized carbons (Fsp3) is 0.292. The van der Waals surface area contributed by atoms with Crippen molar-refractivity contribution in [3.8, 4) is 11.5 Å². The third kappa shape index (κ3) is 4.75. The molecule has 3 aromatic rings. The third-order valence-corrected chi connectivity index (χ3v) is 6.81. The van der Waals surface area contributed by atoms with Gasteiger partial charge in [-0.2, -0.15) is 9.78 Å². The normalized spacial score (nSPS) is 19.9. The summed E-state index contributed by atoms with van der Waals surface area (Å²) < 4.78 is 6.97. The molecule has 0 radical (unpaired) electrons. The standard InChI is InChI=1S/C24H22Cl2N4O4/c25-18-4-6-19(7-5-18)34-20-3-1-2-15(8-20)9-28-10-16-12-29(13-17(16)11-28)24(33)30-14-21(23(31)32)22(26)27-30/h1-8,14,16-17H,9-13H2,(H,31,32). The van der Waals surface area contributed by atoms with Gasteiger partial charge in [0.05, 0.1) is 6.20 Å². The van der Waals surface area contributed by atoms with Crippen LogP contribution < -0.4 is 4.74 Å². The molecule has 1 N–H and O–H groups in total. The van der Waals surface area contributed by atoms with Crippen LogP contribution in [0.3, 0.4) is 0 Å². The fourth-order valence-corrected chi connectivity index (χ4v) is 5.06. The van der Waals surface area contributed by atoms with Crippen LogP contribution in [0.5, 0.6) is 11.5 Å². The molecule has 1 amide bonds. The van der Waals surface area contributed by atoms with E-state index in [1.807, 2.05) is 30.3 Å². The van der Waals surface area contributed by atoms with E-state index in [9.17, 15) is 9.59 Å². The average Bonchev–Trinajstić information content (AvgIpc) is 3.48. The summed E-state index contributed by atoms with van der Waals surface area (Å²) in [4.78, 5) is 28.1. The number of carbonyl (C=O) groups excluding carboxylic acids is 1. The molecule has 0 spiro atoms. The summed E-state index contributed by atoms with van der Waals surface area (Å²) >= 11 is 11.8. The Morgan fingerprint density at radius 3 is 2.35 bits per heavy atom. The van der Waals surface area contributed by atoms with Crippen molar-refractivity contribution in [2.45, 2.75) is 6.54 Å². The van der Waals surface area contributed by atoms with Gasteiger partial charge in [0.2, 0.25) is 0 Å². The Bertz CT molecular complexity index is 1220. The molecule has 176 valence electrons. The second-order valence-electron chi connectivity index (χ2n) is 8.69. The van der Waals surface area contributed by atoms with Crippen LogP contribution in [0.2, 0.25) is 10.2 Å². The molecular formula is C24H22Cl2N4O4. The maximum absolute atomic E-state index is 12.8. The summed E-state index contributed by atoms with van der Waals surface area (Å²) in [5.41, 5.74) is 0.981. The van der Waals surface area contributed by atoms with Gasteiger partial charge in [0.15, 0.2) is 5.15 Å². The van der Waals surface area contributed by atoms with Crippen LogP contribution >= 0.6 is 23.2 Å². The van der Waals surface area contributed by atoms with Crippen LogP contribution in [0, 0.1) is 11.8 Å². The van der Waals surface area contributed by atoms with E-state index in [-0.39, 0.29) is 16.7 Å². The Kier molecular flexibility index (Phi) is 6.20. The molecule has 2 saturated heterocycles. The molecule has 1 aromatic heterocycles. The number of halogens is 2. The summed E-state index contributed by atoms with van der Waals surface area (Å²) in [5.74, 6) is 1.02. The summed E-state index contributed by atoms with van der Waals surface area (Å²) in [6.45, 7) is 3.79. The number of rotatable bonds is 5. The van der Waals surface area contributed by atoms with Crippen molar-refractivity contribution in [2.75, 3.05) is 26.2 Å². The average molecular weight is 501 g/mol. The van der Waals surface area contributed by atoms with Gasteiger partial charge in [0.1, 0.15) is 17.1 Å². The number of hydrogen-bond donors (Lipinski definition) is 1. The molecule has 8 nitrogen and oxygen atoms in total. The zero-order valence-electron chi connectivity index (χ0n) is 18.1. The molecule has 10 heteroatoms. The van der Waals surface area contributed by atoms with E-state index in [0.717, 1.165) is 41.4 Å². The molecule has 2 aromatic carbocycles. The molecule has 0 aliphatic carbocycles. The van der Waals surface area contributed by atoms with Crippen LogP contribution in [0.1, 0.15) is 15.9 Å². The molecule has 0 bridgehead atoms. The van der Waals surface area contributed by atoms with Crippen molar-refractivity contribution in [1.29, 1.82) is 0 Å². The lowest BCUT2D eigenvalue weighted by atomic mass is 10.0. The van der Waals surface area contributed by atoms with Gasteiger partial charge in [-0.3, -0.25) is 4.90 Å². The number of carboxylic acids is 1. The van der Waals surface area contributed by atoms with E-state index < -0.39 is 5.97 Å². The molecule has 2 aliphatic heterocycles. The SMILES string of the molecule is O=C(O)c1cn(C(=O)N2CC3CN(Cc4cccc(Oc5ccc(Cl)cc5)c4)CC3C2)nc1Cl. The van der Waals surface area contributed by atoms with Crippen molar-refractivity contribution in [2.24, 2.45) is 11.8 Å². The van der Waals surface area contributed by atoms with Gasteiger partial charge in [-0.15, -0.1) is 0 Å². The highest BCUT2D eigenvalue weighted by molar-refractivity contribution is 6.32. The zero-order valence-corrected chi connectivity index (χ0v) is 19.6. The van der Waals surface area contributed by atoms with Crippen LogP contribution in [0.25, 0.3) is 0 Å².